The van der Waals surface area contributed by atoms with Crippen molar-refractivity contribution in [3.8, 4) is 5.75 Å². The number of halogens is 1. The van der Waals surface area contributed by atoms with Gasteiger partial charge < -0.3 is 10.1 Å². The van der Waals surface area contributed by atoms with Crippen molar-refractivity contribution in [2.75, 3.05) is 13.7 Å². The molecule has 1 N–H and O–H groups in total. The van der Waals surface area contributed by atoms with Gasteiger partial charge in [-0.25, -0.2) is 4.39 Å². The quantitative estimate of drug-likeness (QED) is 0.868. The van der Waals surface area contributed by atoms with Gasteiger partial charge in [0, 0.05) is 12.5 Å². The topological polar surface area (TPSA) is 21.3 Å². The lowest BCUT2D eigenvalue weighted by atomic mass is 10.1. The Morgan fingerprint density at radius 1 is 1.37 bits per heavy atom. The number of rotatable bonds is 6. The van der Waals surface area contributed by atoms with E-state index in [0.717, 1.165) is 12.0 Å². The molecule has 0 radical (unpaired) electrons. The zero-order valence-electron chi connectivity index (χ0n) is 11.2. The summed E-state index contributed by atoms with van der Waals surface area (Å²) in [4.78, 5) is 0. The Labute approximate surface area is 117 Å². The normalized spacial score (nSPS) is 12.4. The van der Waals surface area contributed by atoms with E-state index in [9.17, 15) is 4.39 Å². The predicted molar refractivity (Wildman–Crippen MR) is 77.4 cm³/mol. The zero-order valence-corrected chi connectivity index (χ0v) is 12.0. The summed E-state index contributed by atoms with van der Waals surface area (Å²) in [7, 11) is 1.85. The molecule has 102 valence electrons. The Kier molecular flexibility index (Phi) is 4.93. The predicted octanol–water partition coefficient (Wildman–Crippen LogP) is 3.79. The summed E-state index contributed by atoms with van der Waals surface area (Å²) in [6.07, 6.45) is 0.803. The third-order valence-electron chi connectivity index (χ3n) is 3.12. The van der Waals surface area contributed by atoms with E-state index in [4.69, 9.17) is 4.74 Å². The minimum absolute atomic E-state index is 0.134. The van der Waals surface area contributed by atoms with Crippen LogP contribution in [-0.4, -0.2) is 13.7 Å². The van der Waals surface area contributed by atoms with Gasteiger partial charge in [-0.05, 0) is 54.1 Å². The maximum absolute atomic E-state index is 13.9. The van der Waals surface area contributed by atoms with Crippen LogP contribution in [0, 0.1) is 5.82 Å². The van der Waals surface area contributed by atoms with Gasteiger partial charge in [-0.1, -0.05) is 6.07 Å². The highest BCUT2D eigenvalue weighted by molar-refractivity contribution is 7.07. The van der Waals surface area contributed by atoms with Crippen LogP contribution in [0.1, 0.15) is 24.1 Å². The van der Waals surface area contributed by atoms with Crippen molar-refractivity contribution >= 4 is 11.3 Å². The van der Waals surface area contributed by atoms with Gasteiger partial charge in [0.1, 0.15) is 0 Å². The number of benzene rings is 1. The molecule has 2 aromatic rings. The lowest BCUT2D eigenvalue weighted by molar-refractivity contribution is 0.305. The van der Waals surface area contributed by atoms with Crippen LogP contribution in [0.15, 0.2) is 35.0 Å². The Morgan fingerprint density at radius 2 is 2.21 bits per heavy atom. The van der Waals surface area contributed by atoms with Gasteiger partial charge in [0.05, 0.1) is 6.61 Å². The summed E-state index contributed by atoms with van der Waals surface area (Å²) in [5.41, 5.74) is 2.15. The second-order valence-corrected chi connectivity index (χ2v) is 5.21. The molecule has 0 spiro atoms. The molecule has 1 heterocycles. The number of nitrogens with one attached hydrogen (secondary N) is 1. The highest BCUT2D eigenvalue weighted by Gasteiger charge is 2.08. The fourth-order valence-corrected chi connectivity index (χ4v) is 2.49. The molecule has 1 aromatic heterocycles. The summed E-state index contributed by atoms with van der Waals surface area (Å²) in [6.45, 7) is 2.49. The smallest absolute Gasteiger partial charge is 0.165 e. The molecule has 0 aliphatic heterocycles. The molecule has 0 aliphatic carbocycles. The second kappa shape index (κ2) is 6.68. The van der Waals surface area contributed by atoms with E-state index < -0.39 is 0 Å². The van der Waals surface area contributed by atoms with E-state index in [1.807, 2.05) is 25.4 Å². The monoisotopic (exact) mass is 279 g/mol. The summed E-state index contributed by atoms with van der Waals surface area (Å²) in [5, 5.41) is 7.20. The van der Waals surface area contributed by atoms with Crippen LogP contribution in [-0.2, 0) is 6.42 Å². The van der Waals surface area contributed by atoms with Crippen LogP contribution in [0.5, 0.6) is 5.75 Å². The first-order valence-corrected chi connectivity index (χ1v) is 7.25. The molecular weight excluding hydrogens is 261 g/mol. The molecule has 2 nitrogen and oxygen atoms in total. The first-order chi connectivity index (χ1) is 9.20. The average molecular weight is 279 g/mol. The van der Waals surface area contributed by atoms with E-state index in [0.29, 0.717) is 12.4 Å². The summed E-state index contributed by atoms with van der Waals surface area (Å²) in [5.74, 6) is 0.0206. The number of hydrogen-bond acceptors (Lipinski definition) is 3. The summed E-state index contributed by atoms with van der Waals surface area (Å²) in [6, 6.07) is 7.31. The highest BCUT2D eigenvalue weighted by Crippen LogP contribution is 2.22. The minimum atomic E-state index is -0.301. The SMILES string of the molecule is CNC(C)c1ccc(OCCc2ccsc2)c(F)c1. The Bertz CT molecular complexity index is 513. The van der Waals surface area contributed by atoms with Crippen LogP contribution in [0.4, 0.5) is 4.39 Å². The average Bonchev–Trinajstić information content (AvgIpc) is 2.93. The van der Waals surface area contributed by atoms with Crippen LogP contribution < -0.4 is 10.1 Å². The molecule has 0 amide bonds. The first kappa shape index (κ1) is 14.0. The van der Waals surface area contributed by atoms with Gasteiger partial charge in [0.15, 0.2) is 11.6 Å². The van der Waals surface area contributed by atoms with Crippen molar-refractivity contribution in [1.29, 1.82) is 0 Å². The van der Waals surface area contributed by atoms with Crippen molar-refractivity contribution in [1.82, 2.24) is 5.32 Å². The van der Waals surface area contributed by atoms with Gasteiger partial charge in [-0.15, -0.1) is 0 Å². The van der Waals surface area contributed by atoms with Gasteiger partial charge in [-0.2, -0.15) is 11.3 Å². The zero-order chi connectivity index (χ0) is 13.7. The minimum Gasteiger partial charge on any atom is -0.490 e. The molecule has 0 aliphatic rings. The molecule has 1 unspecified atom stereocenters. The lowest BCUT2D eigenvalue weighted by Gasteiger charge is -2.12. The summed E-state index contributed by atoms with van der Waals surface area (Å²) >= 11 is 1.66. The van der Waals surface area contributed by atoms with Crippen molar-refractivity contribution in [3.05, 3.63) is 52.0 Å². The van der Waals surface area contributed by atoms with Crippen molar-refractivity contribution < 1.29 is 9.13 Å². The maximum Gasteiger partial charge on any atom is 0.165 e. The third kappa shape index (κ3) is 3.78. The molecule has 0 bridgehead atoms. The van der Waals surface area contributed by atoms with Gasteiger partial charge >= 0.3 is 0 Å². The Hall–Kier alpha value is -1.39. The van der Waals surface area contributed by atoms with Crippen LogP contribution >= 0.6 is 11.3 Å². The van der Waals surface area contributed by atoms with Crippen LogP contribution in [0.3, 0.4) is 0 Å². The van der Waals surface area contributed by atoms with Crippen LogP contribution in [0.25, 0.3) is 0 Å². The van der Waals surface area contributed by atoms with Crippen molar-refractivity contribution in [2.24, 2.45) is 0 Å². The van der Waals surface area contributed by atoms with Crippen molar-refractivity contribution in [2.45, 2.75) is 19.4 Å². The molecule has 2 rings (SSSR count). The third-order valence-corrected chi connectivity index (χ3v) is 3.85. The molecule has 1 atom stereocenters. The molecule has 1 aromatic carbocycles. The van der Waals surface area contributed by atoms with E-state index in [1.54, 1.807) is 17.4 Å². The number of hydrogen-bond donors (Lipinski definition) is 1. The highest BCUT2D eigenvalue weighted by atomic mass is 32.1. The van der Waals surface area contributed by atoms with E-state index in [1.165, 1.54) is 11.6 Å². The first-order valence-electron chi connectivity index (χ1n) is 6.31. The molecule has 19 heavy (non-hydrogen) atoms. The largest absolute Gasteiger partial charge is 0.490 e. The molecular formula is C15H18FNOS. The van der Waals surface area contributed by atoms with E-state index in [2.05, 4.69) is 16.8 Å². The maximum atomic E-state index is 13.9. The fraction of sp³-hybridized carbons (Fsp3) is 0.333. The number of thiophene rings is 1. The number of ether oxygens (including phenoxy) is 1. The second-order valence-electron chi connectivity index (χ2n) is 4.43. The van der Waals surface area contributed by atoms with Gasteiger partial charge in [0.25, 0.3) is 0 Å². The molecule has 0 fully saturated rings. The molecule has 0 saturated heterocycles. The lowest BCUT2D eigenvalue weighted by Crippen LogP contribution is -2.12. The van der Waals surface area contributed by atoms with Gasteiger partial charge in [-0.3, -0.25) is 0 Å². The standard InChI is InChI=1S/C15H18FNOS/c1-11(17-2)13-3-4-15(14(16)9-13)18-7-5-12-6-8-19-10-12/h3-4,6,8-11,17H,5,7H2,1-2H3. The van der Waals surface area contributed by atoms with Crippen molar-refractivity contribution in [3.63, 3.8) is 0 Å². The molecule has 4 heteroatoms. The fourth-order valence-electron chi connectivity index (χ4n) is 1.78. The van der Waals surface area contributed by atoms with Gasteiger partial charge in [0.2, 0.25) is 0 Å². The van der Waals surface area contributed by atoms with E-state index in [-0.39, 0.29) is 11.9 Å². The molecule has 0 saturated carbocycles. The Balaban J connectivity index is 1.93. The summed E-state index contributed by atoms with van der Waals surface area (Å²) < 4.78 is 19.3. The van der Waals surface area contributed by atoms with Crippen LogP contribution in [0.2, 0.25) is 0 Å². The Morgan fingerprint density at radius 3 is 2.84 bits per heavy atom. The van der Waals surface area contributed by atoms with E-state index >= 15 is 0 Å².